The predicted octanol–water partition coefficient (Wildman–Crippen LogP) is -0.991. The molecule has 0 spiro atoms. The summed E-state index contributed by atoms with van der Waals surface area (Å²) in [5.41, 5.74) is 5.06. The molecule has 0 aliphatic carbocycles. The van der Waals surface area contributed by atoms with E-state index in [0.29, 0.717) is 17.0 Å². The van der Waals surface area contributed by atoms with Crippen LogP contribution in [-0.2, 0) is 4.74 Å². The van der Waals surface area contributed by atoms with E-state index in [-0.39, 0.29) is 12.4 Å². The number of nitriles is 1. The van der Waals surface area contributed by atoms with Gasteiger partial charge in [-0.15, -0.1) is 0 Å². The van der Waals surface area contributed by atoms with E-state index < -0.39 is 24.5 Å². The molecule has 2 aromatic rings. The van der Waals surface area contributed by atoms with Gasteiger partial charge in [0.25, 0.3) is 0 Å². The minimum atomic E-state index is -1.65. The zero-order valence-electron chi connectivity index (χ0n) is 12.7. The smallest absolute Gasteiger partial charge is 0.224 e. The second-order valence-corrected chi connectivity index (χ2v) is 5.61. The maximum Gasteiger partial charge on any atom is 0.224 e. The molecule has 0 radical (unpaired) electrons. The number of aromatic nitrogens is 4. The van der Waals surface area contributed by atoms with Crippen molar-refractivity contribution in [2.75, 3.05) is 31.3 Å². The number of anilines is 2. The minimum absolute atomic E-state index is 0.0789. The van der Waals surface area contributed by atoms with Gasteiger partial charge in [-0.2, -0.15) is 15.2 Å². The van der Waals surface area contributed by atoms with Crippen molar-refractivity contribution in [1.82, 2.24) is 19.5 Å². The van der Waals surface area contributed by atoms with E-state index >= 15 is 0 Å². The Hall–Kier alpha value is -2.48. The summed E-state index contributed by atoms with van der Waals surface area (Å²) in [5, 5.41) is 28.7. The lowest BCUT2D eigenvalue weighted by Gasteiger charge is -2.21. The Morgan fingerprint density at radius 3 is 2.87 bits per heavy atom. The number of hydrogen-bond donors (Lipinski definition) is 3. The van der Waals surface area contributed by atoms with Crippen LogP contribution >= 0.6 is 0 Å². The molecule has 3 rings (SSSR count). The third kappa shape index (κ3) is 2.26. The SMILES string of the molecule is CN(C)c1nc(N)nc2c1ncn2[C@H]1C[C@H](O)[C@@](C#N)(CO)O1. The molecule has 0 aromatic carbocycles. The van der Waals surface area contributed by atoms with Gasteiger partial charge in [0.1, 0.15) is 18.4 Å². The van der Waals surface area contributed by atoms with Crippen LogP contribution in [0.3, 0.4) is 0 Å². The van der Waals surface area contributed by atoms with Crippen molar-refractivity contribution < 1.29 is 14.9 Å². The average Bonchev–Trinajstić information content (AvgIpc) is 3.07. The second-order valence-electron chi connectivity index (χ2n) is 5.61. The Bertz CT molecular complexity index is 784. The molecular weight excluding hydrogens is 302 g/mol. The molecule has 1 fully saturated rings. The predicted molar refractivity (Wildman–Crippen MR) is 80.2 cm³/mol. The summed E-state index contributed by atoms with van der Waals surface area (Å²) in [7, 11) is 3.62. The third-order valence-corrected chi connectivity index (χ3v) is 3.89. The van der Waals surface area contributed by atoms with E-state index in [0.717, 1.165) is 0 Å². The van der Waals surface area contributed by atoms with E-state index in [2.05, 4.69) is 15.0 Å². The van der Waals surface area contributed by atoms with Gasteiger partial charge < -0.3 is 25.6 Å². The van der Waals surface area contributed by atoms with Gasteiger partial charge in [0.15, 0.2) is 17.0 Å². The van der Waals surface area contributed by atoms with Crippen LogP contribution in [0.1, 0.15) is 12.6 Å². The highest BCUT2D eigenvalue weighted by Crippen LogP contribution is 2.38. The van der Waals surface area contributed by atoms with Crippen molar-refractivity contribution in [3.63, 3.8) is 0 Å². The molecule has 0 unspecified atom stereocenters. The number of aliphatic hydroxyl groups excluding tert-OH is 2. The number of nitrogens with zero attached hydrogens (tertiary/aromatic N) is 6. The molecule has 10 heteroatoms. The van der Waals surface area contributed by atoms with Gasteiger partial charge >= 0.3 is 0 Å². The molecular formula is C13H17N7O3. The van der Waals surface area contributed by atoms with Crippen LogP contribution in [0, 0.1) is 11.3 Å². The van der Waals surface area contributed by atoms with Crippen molar-refractivity contribution in [2.24, 2.45) is 0 Å². The van der Waals surface area contributed by atoms with Crippen molar-refractivity contribution in [2.45, 2.75) is 24.4 Å². The molecule has 0 amide bonds. The minimum Gasteiger partial charge on any atom is -0.392 e. The third-order valence-electron chi connectivity index (χ3n) is 3.89. The van der Waals surface area contributed by atoms with Crippen LogP contribution in [-0.4, -0.2) is 62.1 Å². The highest BCUT2D eigenvalue weighted by Gasteiger charge is 2.49. The number of nitrogen functional groups attached to an aromatic ring is 1. The van der Waals surface area contributed by atoms with Gasteiger partial charge in [0.05, 0.1) is 12.9 Å². The summed E-state index contributed by atoms with van der Waals surface area (Å²) in [6.07, 6.45) is -0.187. The summed E-state index contributed by atoms with van der Waals surface area (Å²) in [5.74, 6) is 0.633. The van der Waals surface area contributed by atoms with Gasteiger partial charge in [0.2, 0.25) is 11.5 Å². The van der Waals surface area contributed by atoms with E-state index in [9.17, 15) is 15.5 Å². The summed E-state index contributed by atoms with van der Waals surface area (Å²) >= 11 is 0. The van der Waals surface area contributed by atoms with Crippen LogP contribution in [0.2, 0.25) is 0 Å². The molecule has 1 aliphatic rings. The molecule has 3 heterocycles. The summed E-state index contributed by atoms with van der Waals surface area (Å²) in [6, 6.07) is 1.84. The molecule has 23 heavy (non-hydrogen) atoms. The molecule has 10 nitrogen and oxygen atoms in total. The Balaban J connectivity index is 2.07. The lowest BCUT2D eigenvalue weighted by molar-refractivity contribution is -0.0904. The Labute approximate surface area is 131 Å². The number of hydrogen-bond acceptors (Lipinski definition) is 9. The van der Waals surface area contributed by atoms with Gasteiger partial charge in [-0.1, -0.05) is 0 Å². The first kappa shape index (κ1) is 15.4. The average molecular weight is 319 g/mol. The number of nitrogens with two attached hydrogens (primary N) is 1. The van der Waals surface area contributed by atoms with Gasteiger partial charge in [-0.3, -0.25) is 4.57 Å². The first-order valence-corrected chi connectivity index (χ1v) is 6.97. The molecule has 4 N–H and O–H groups in total. The zero-order chi connectivity index (χ0) is 16.8. The fourth-order valence-electron chi connectivity index (χ4n) is 2.64. The summed E-state index contributed by atoms with van der Waals surface area (Å²) < 4.78 is 7.18. The van der Waals surface area contributed by atoms with Crippen molar-refractivity contribution in [3.05, 3.63) is 6.33 Å². The number of ether oxygens (including phenoxy) is 1. The number of aliphatic hydroxyl groups is 2. The molecule has 0 bridgehead atoms. The largest absolute Gasteiger partial charge is 0.392 e. The Kier molecular flexibility index (Phi) is 3.56. The van der Waals surface area contributed by atoms with Crippen LogP contribution < -0.4 is 10.6 Å². The van der Waals surface area contributed by atoms with Crippen molar-refractivity contribution in [1.29, 1.82) is 5.26 Å². The fourth-order valence-corrected chi connectivity index (χ4v) is 2.64. The van der Waals surface area contributed by atoms with E-state index in [4.69, 9.17) is 10.5 Å². The second kappa shape index (κ2) is 5.31. The van der Waals surface area contributed by atoms with Crippen molar-refractivity contribution in [3.8, 4) is 6.07 Å². The fraction of sp³-hybridized carbons (Fsp3) is 0.538. The highest BCUT2D eigenvalue weighted by atomic mass is 16.6. The monoisotopic (exact) mass is 319 g/mol. The normalized spacial score (nSPS) is 27.3. The Morgan fingerprint density at radius 1 is 1.57 bits per heavy atom. The van der Waals surface area contributed by atoms with Gasteiger partial charge in [-0.05, 0) is 0 Å². The summed E-state index contributed by atoms with van der Waals surface area (Å²) in [6.45, 7) is -0.603. The zero-order valence-corrected chi connectivity index (χ0v) is 12.7. The molecule has 3 atom stereocenters. The molecule has 2 aromatic heterocycles. The van der Waals surface area contributed by atoms with Crippen LogP contribution in [0.15, 0.2) is 6.33 Å². The first-order chi connectivity index (χ1) is 10.9. The number of imidazole rings is 1. The van der Waals surface area contributed by atoms with Gasteiger partial charge in [-0.25, -0.2) is 4.98 Å². The molecule has 122 valence electrons. The molecule has 1 aliphatic heterocycles. The van der Waals surface area contributed by atoms with Gasteiger partial charge in [0, 0.05) is 20.5 Å². The lowest BCUT2D eigenvalue weighted by Crippen LogP contribution is -2.41. The highest BCUT2D eigenvalue weighted by molar-refractivity contribution is 5.84. The van der Waals surface area contributed by atoms with Crippen LogP contribution in [0.25, 0.3) is 11.2 Å². The topological polar surface area (TPSA) is 146 Å². The lowest BCUT2D eigenvalue weighted by atomic mass is 10.00. The van der Waals surface area contributed by atoms with E-state index in [1.54, 1.807) is 9.47 Å². The van der Waals surface area contributed by atoms with Crippen LogP contribution in [0.5, 0.6) is 0 Å². The van der Waals surface area contributed by atoms with Crippen molar-refractivity contribution >= 4 is 22.9 Å². The number of rotatable bonds is 3. The van der Waals surface area contributed by atoms with E-state index in [1.165, 1.54) is 6.33 Å². The Morgan fingerprint density at radius 2 is 2.30 bits per heavy atom. The maximum absolute atomic E-state index is 10.1. The molecule has 0 saturated carbocycles. The number of fused-ring (bicyclic) bond motifs is 1. The van der Waals surface area contributed by atoms with E-state index in [1.807, 2.05) is 20.2 Å². The summed E-state index contributed by atoms with van der Waals surface area (Å²) in [4.78, 5) is 14.4. The maximum atomic E-state index is 10.1. The standard InChI is InChI=1S/C13H17N7O3/c1-19(2)10-9-11(18-12(15)17-10)20(6-16-9)8-3-7(22)13(4-14,5-21)23-8/h6-8,21-22H,3,5H2,1-2H3,(H2,15,17,18)/t7-,8+,13+/m0/s1. The quantitative estimate of drug-likeness (QED) is 0.648. The molecule has 1 saturated heterocycles. The van der Waals surface area contributed by atoms with Crippen LogP contribution in [0.4, 0.5) is 11.8 Å². The first-order valence-electron chi connectivity index (χ1n) is 6.97.